The van der Waals surface area contributed by atoms with Crippen molar-refractivity contribution in [2.24, 2.45) is 0 Å². The molecule has 0 bridgehead atoms. The number of rotatable bonds is 4. The second-order valence-electron chi connectivity index (χ2n) is 2.72. The molecule has 68 valence electrons. The lowest BCUT2D eigenvalue weighted by Crippen LogP contribution is -2.04. The smallest absolute Gasteiger partial charge is 0.111 e. The van der Waals surface area contributed by atoms with Crippen molar-refractivity contribution < 1.29 is 5.11 Å². The lowest BCUT2D eigenvalue weighted by molar-refractivity contribution is 0.275. The van der Waals surface area contributed by atoms with E-state index in [1.165, 1.54) is 0 Å². The van der Waals surface area contributed by atoms with Crippen LogP contribution in [0.5, 0.6) is 0 Å². The molecule has 0 amide bonds. The van der Waals surface area contributed by atoms with Gasteiger partial charge in [0.25, 0.3) is 0 Å². The van der Waals surface area contributed by atoms with Crippen LogP contribution in [0.1, 0.15) is 31.7 Å². The van der Waals surface area contributed by atoms with Crippen LogP contribution >= 0.6 is 0 Å². The third-order valence-electron chi connectivity index (χ3n) is 1.84. The van der Waals surface area contributed by atoms with Crippen LogP contribution in [0.3, 0.4) is 0 Å². The average Bonchev–Trinajstić information content (AvgIpc) is 2.47. The Morgan fingerprint density at radius 2 is 2.17 bits per heavy atom. The van der Waals surface area contributed by atoms with Crippen molar-refractivity contribution in [2.75, 3.05) is 0 Å². The van der Waals surface area contributed by atoms with Crippen LogP contribution in [0.15, 0.2) is 0 Å². The van der Waals surface area contributed by atoms with Gasteiger partial charge in [-0.15, -0.1) is 5.10 Å². The largest absolute Gasteiger partial charge is 0.390 e. The predicted octanol–water partition coefficient (Wildman–Crippen LogP) is 0.743. The van der Waals surface area contributed by atoms with Gasteiger partial charge in [0.05, 0.1) is 12.3 Å². The molecule has 4 nitrogen and oxygen atoms in total. The van der Waals surface area contributed by atoms with E-state index in [0.29, 0.717) is 5.69 Å². The first kappa shape index (κ1) is 9.19. The van der Waals surface area contributed by atoms with Gasteiger partial charge in [-0.25, -0.2) is 4.68 Å². The van der Waals surface area contributed by atoms with Gasteiger partial charge in [-0.2, -0.15) is 0 Å². The monoisotopic (exact) mass is 169 g/mol. The van der Waals surface area contributed by atoms with Crippen LogP contribution in [0.4, 0.5) is 0 Å². The summed E-state index contributed by atoms with van der Waals surface area (Å²) < 4.78 is 1.87. The highest BCUT2D eigenvalue weighted by Gasteiger charge is 2.08. The summed E-state index contributed by atoms with van der Waals surface area (Å²) in [5, 5.41) is 16.8. The molecule has 0 unspecified atom stereocenters. The minimum absolute atomic E-state index is 0.00706. The van der Waals surface area contributed by atoms with Crippen molar-refractivity contribution in [3.8, 4) is 0 Å². The fraction of sp³-hybridized carbons (Fsp3) is 0.750. The number of aryl methyl sites for hydroxylation is 1. The molecule has 0 aliphatic heterocycles. The Hall–Kier alpha value is -0.900. The zero-order valence-corrected chi connectivity index (χ0v) is 7.62. The van der Waals surface area contributed by atoms with Crippen LogP contribution in [-0.4, -0.2) is 20.1 Å². The first-order chi connectivity index (χ1) is 5.83. The maximum Gasteiger partial charge on any atom is 0.111 e. The van der Waals surface area contributed by atoms with Gasteiger partial charge in [-0.1, -0.05) is 19.1 Å². The molecule has 0 aliphatic rings. The van der Waals surface area contributed by atoms with Gasteiger partial charge < -0.3 is 5.11 Å². The van der Waals surface area contributed by atoms with E-state index >= 15 is 0 Å². The fourth-order valence-electron chi connectivity index (χ4n) is 1.27. The van der Waals surface area contributed by atoms with Crippen molar-refractivity contribution in [1.82, 2.24) is 15.0 Å². The van der Waals surface area contributed by atoms with Gasteiger partial charge in [0.2, 0.25) is 0 Å². The van der Waals surface area contributed by atoms with E-state index in [9.17, 15) is 0 Å². The Morgan fingerprint density at radius 3 is 2.67 bits per heavy atom. The number of aliphatic hydroxyl groups is 1. The predicted molar refractivity (Wildman–Crippen MR) is 45.6 cm³/mol. The fourth-order valence-corrected chi connectivity index (χ4v) is 1.27. The molecule has 0 radical (unpaired) electrons. The van der Waals surface area contributed by atoms with Crippen molar-refractivity contribution in [2.45, 2.75) is 39.8 Å². The number of hydrogen-bond donors (Lipinski definition) is 1. The van der Waals surface area contributed by atoms with E-state index in [1.807, 2.05) is 11.6 Å². The lowest BCUT2D eigenvalue weighted by Gasteiger charge is -2.02. The van der Waals surface area contributed by atoms with Crippen LogP contribution < -0.4 is 0 Å². The Labute approximate surface area is 72.2 Å². The number of aromatic nitrogens is 3. The summed E-state index contributed by atoms with van der Waals surface area (Å²) in [6.07, 6.45) is 1.92. The maximum atomic E-state index is 8.92. The Morgan fingerprint density at radius 1 is 1.42 bits per heavy atom. The van der Waals surface area contributed by atoms with Crippen LogP contribution in [0.25, 0.3) is 0 Å². The first-order valence-electron chi connectivity index (χ1n) is 4.35. The second kappa shape index (κ2) is 4.21. The molecule has 0 aliphatic carbocycles. The molecule has 1 N–H and O–H groups in total. The average molecular weight is 169 g/mol. The SMILES string of the molecule is CCCn1nnc(CO)c1CC. The van der Waals surface area contributed by atoms with Crippen molar-refractivity contribution in [1.29, 1.82) is 0 Å². The van der Waals surface area contributed by atoms with Gasteiger partial charge in [0.1, 0.15) is 5.69 Å². The Bertz CT molecular complexity index is 244. The first-order valence-corrected chi connectivity index (χ1v) is 4.35. The third-order valence-corrected chi connectivity index (χ3v) is 1.84. The summed E-state index contributed by atoms with van der Waals surface area (Å²) in [5.74, 6) is 0. The number of nitrogens with zero attached hydrogens (tertiary/aromatic N) is 3. The van der Waals surface area contributed by atoms with Gasteiger partial charge in [0.15, 0.2) is 0 Å². The topological polar surface area (TPSA) is 50.9 Å². The summed E-state index contributed by atoms with van der Waals surface area (Å²) >= 11 is 0. The summed E-state index contributed by atoms with van der Waals surface area (Å²) in [6, 6.07) is 0. The van der Waals surface area contributed by atoms with Crippen LogP contribution in [0.2, 0.25) is 0 Å². The van der Waals surface area contributed by atoms with Crippen LogP contribution in [0, 0.1) is 0 Å². The zero-order chi connectivity index (χ0) is 8.97. The van der Waals surface area contributed by atoms with Gasteiger partial charge in [-0.05, 0) is 12.8 Å². The van der Waals surface area contributed by atoms with Gasteiger partial charge in [0, 0.05) is 6.54 Å². The molecular weight excluding hydrogens is 154 g/mol. The molecule has 0 saturated heterocycles. The van der Waals surface area contributed by atoms with Crippen molar-refractivity contribution >= 4 is 0 Å². The minimum atomic E-state index is -0.00706. The highest BCUT2D eigenvalue weighted by molar-refractivity contribution is 5.08. The molecule has 1 heterocycles. The molecule has 0 saturated carbocycles. The molecular formula is C8H15N3O. The molecule has 1 aromatic rings. The van der Waals surface area contributed by atoms with E-state index < -0.39 is 0 Å². The third kappa shape index (κ3) is 1.64. The lowest BCUT2D eigenvalue weighted by atomic mass is 10.2. The van der Waals surface area contributed by atoms with E-state index in [-0.39, 0.29) is 6.61 Å². The molecule has 4 heteroatoms. The van der Waals surface area contributed by atoms with Crippen molar-refractivity contribution in [3.63, 3.8) is 0 Å². The highest BCUT2D eigenvalue weighted by atomic mass is 16.3. The summed E-state index contributed by atoms with van der Waals surface area (Å²) in [4.78, 5) is 0. The Balaban J connectivity index is 2.88. The highest BCUT2D eigenvalue weighted by Crippen LogP contribution is 2.06. The zero-order valence-electron chi connectivity index (χ0n) is 7.62. The number of hydrogen-bond acceptors (Lipinski definition) is 3. The summed E-state index contributed by atoms with van der Waals surface area (Å²) in [6.45, 7) is 5.02. The maximum absolute atomic E-state index is 8.92. The van der Waals surface area contributed by atoms with E-state index in [2.05, 4.69) is 17.2 Å². The normalized spacial score (nSPS) is 10.6. The second-order valence-corrected chi connectivity index (χ2v) is 2.72. The van der Waals surface area contributed by atoms with E-state index in [1.54, 1.807) is 0 Å². The molecule has 0 aromatic carbocycles. The standard InChI is InChI=1S/C8H15N3O/c1-3-5-11-8(4-2)7(6-12)9-10-11/h12H,3-6H2,1-2H3. The summed E-state index contributed by atoms with van der Waals surface area (Å²) in [7, 11) is 0. The molecule has 0 spiro atoms. The van der Waals surface area contributed by atoms with Gasteiger partial charge >= 0.3 is 0 Å². The van der Waals surface area contributed by atoms with Crippen LogP contribution in [-0.2, 0) is 19.6 Å². The molecule has 1 rings (SSSR count). The quantitative estimate of drug-likeness (QED) is 0.723. The Kier molecular flexibility index (Phi) is 3.22. The molecule has 12 heavy (non-hydrogen) atoms. The van der Waals surface area contributed by atoms with E-state index in [4.69, 9.17) is 5.11 Å². The molecule has 0 atom stereocenters. The molecule has 1 aromatic heterocycles. The number of aliphatic hydroxyl groups excluding tert-OH is 1. The summed E-state index contributed by atoms with van der Waals surface area (Å²) in [5.41, 5.74) is 1.77. The molecule has 0 fully saturated rings. The van der Waals surface area contributed by atoms with Crippen molar-refractivity contribution in [3.05, 3.63) is 11.4 Å². The minimum Gasteiger partial charge on any atom is -0.390 e. The van der Waals surface area contributed by atoms with Gasteiger partial charge in [-0.3, -0.25) is 0 Å². The van der Waals surface area contributed by atoms with E-state index in [0.717, 1.165) is 25.1 Å².